The number of esters is 1. The van der Waals surface area contributed by atoms with Gasteiger partial charge in [0.2, 0.25) is 0 Å². The Morgan fingerprint density at radius 2 is 2.03 bits per heavy atom. The zero-order chi connectivity index (χ0) is 25.1. The molecule has 3 aromatic heterocycles. The van der Waals surface area contributed by atoms with Gasteiger partial charge in [-0.1, -0.05) is 18.2 Å². The molecule has 0 N–H and O–H groups in total. The standard InChI is InChI=1S/C28H31N5O3/c1-18-7-12-21(29-16-18)17-36-26-6-4-5-22(31-26)20-10-8-19(9-11-20)15-25-30-23-13-14-24(28(34)35-3)32-27(23)33(25)2/h5,7,10,12-14,16,19H,4,6,8-9,11,15,17H2,1-3H3. The number of imidazole rings is 1. The van der Waals surface area contributed by atoms with Crippen LogP contribution < -0.4 is 0 Å². The number of ether oxygens (including phenoxy) is 2. The van der Waals surface area contributed by atoms with Crippen molar-refractivity contribution < 1.29 is 14.3 Å². The average Bonchev–Trinajstić information content (AvgIpc) is 3.22. The fourth-order valence-electron chi connectivity index (χ4n) is 4.69. The Kier molecular flexibility index (Phi) is 6.93. The van der Waals surface area contributed by atoms with Gasteiger partial charge in [0.15, 0.2) is 17.2 Å². The lowest BCUT2D eigenvalue weighted by Gasteiger charge is -2.23. The van der Waals surface area contributed by atoms with E-state index < -0.39 is 5.97 Å². The topological polar surface area (TPSA) is 91.5 Å². The number of pyridine rings is 2. The van der Waals surface area contributed by atoms with Crippen LogP contribution in [-0.2, 0) is 29.5 Å². The molecule has 5 rings (SSSR count). The van der Waals surface area contributed by atoms with Crippen molar-refractivity contribution in [1.29, 1.82) is 0 Å². The molecule has 8 nitrogen and oxygen atoms in total. The molecule has 0 saturated heterocycles. The van der Waals surface area contributed by atoms with Crippen molar-refractivity contribution in [2.24, 2.45) is 18.0 Å². The molecule has 36 heavy (non-hydrogen) atoms. The summed E-state index contributed by atoms with van der Waals surface area (Å²) in [5.41, 5.74) is 6.20. The Bertz CT molecular complexity index is 1370. The molecule has 1 aliphatic heterocycles. The van der Waals surface area contributed by atoms with Gasteiger partial charge in [0.05, 0.1) is 18.5 Å². The largest absolute Gasteiger partial charge is 0.474 e. The quantitative estimate of drug-likeness (QED) is 0.455. The van der Waals surface area contributed by atoms with E-state index in [1.807, 2.05) is 42.9 Å². The summed E-state index contributed by atoms with van der Waals surface area (Å²) in [5.74, 6) is 1.83. The molecule has 0 aromatic carbocycles. The highest BCUT2D eigenvalue weighted by molar-refractivity contribution is 5.89. The van der Waals surface area contributed by atoms with Crippen LogP contribution >= 0.6 is 0 Å². The SMILES string of the molecule is COC(=O)c1ccc2nc(CC3CC=C(C4=CCCC(OCc5ccc(C)cn5)=N4)CC3)n(C)c2n1. The number of hydrogen-bond acceptors (Lipinski definition) is 7. The number of allylic oxidation sites excluding steroid dienone is 3. The van der Waals surface area contributed by atoms with Gasteiger partial charge in [0, 0.05) is 26.1 Å². The molecule has 0 saturated carbocycles. The zero-order valence-electron chi connectivity index (χ0n) is 21.0. The molecule has 0 amide bonds. The van der Waals surface area contributed by atoms with Crippen LogP contribution in [0.1, 0.15) is 59.7 Å². The first-order chi connectivity index (χ1) is 17.5. The number of carbonyl (C=O) groups excluding carboxylic acids is 1. The van der Waals surface area contributed by atoms with E-state index in [0.29, 0.717) is 23.9 Å². The minimum atomic E-state index is -0.440. The summed E-state index contributed by atoms with van der Waals surface area (Å²) in [6, 6.07) is 7.54. The number of aromatic nitrogens is 4. The third-order valence-electron chi connectivity index (χ3n) is 6.82. The number of carbonyl (C=O) groups is 1. The third-order valence-corrected chi connectivity index (χ3v) is 6.82. The first kappa shape index (κ1) is 23.9. The van der Waals surface area contributed by atoms with Crippen molar-refractivity contribution in [3.05, 3.63) is 76.7 Å². The monoisotopic (exact) mass is 485 g/mol. The van der Waals surface area contributed by atoms with Crippen molar-refractivity contribution in [3.8, 4) is 0 Å². The Balaban J connectivity index is 1.21. The summed E-state index contributed by atoms with van der Waals surface area (Å²) in [5, 5.41) is 0. The van der Waals surface area contributed by atoms with E-state index in [-0.39, 0.29) is 0 Å². The smallest absolute Gasteiger partial charge is 0.356 e. The number of rotatable bonds is 6. The van der Waals surface area contributed by atoms with Gasteiger partial charge in [-0.3, -0.25) is 4.98 Å². The maximum Gasteiger partial charge on any atom is 0.356 e. The van der Waals surface area contributed by atoms with Gasteiger partial charge in [-0.15, -0.1) is 0 Å². The highest BCUT2D eigenvalue weighted by atomic mass is 16.5. The van der Waals surface area contributed by atoms with Gasteiger partial charge in [0.25, 0.3) is 0 Å². The molecular formula is C28H31N5O3. The molecular weight excluding hydrogens is 454 g/mol. The van der Waals surface area contributed by atoms with Gasteiger partial charge < -0.3 is 14.0 Å². The van der Waals surface area contributed by atoms with Crippen molar-refractivity contribution in [2.45, 2.75) is 52.1 Å². The normalized spacial score (nSPS) is 17.9. The fourth-order valence-corrected chi connectivity index (χ4v) is 4.69. The Morgan fingerprint density at radius 3 is 2.78 bits per heavy atom. The van der Waals surface area contributed by atoms with Gasteiger partial charge in [-0.25, -0.2) is 19.8 Å². The van der Waals surface area contributed by atoms with Crippen LogP contribution in [0, 0.1) is 12.8 Å². The molecule has 1 atom stereocenters. The molecule has 4 heterocycles. The average molecular weight is 486 g/mol. The summed E-state index contributed by atoms with van der Waals surface area (Å²) in [6.07, 6.45) is 12.1. The minimum absolute atomic E-state index is 0.296. The Morgan fingerprint density at radius 1 is 1.14 bits per heavy atom. The molecule has 0 bridgehead atoms. The van der Waals surface area contributed by atoms with Crippen LogP contribution in [0.2, 0.25) is 0 Å². The van der Waals surface area contributed by atoms with Crippen LogP contribution in [0.4, 0.5) is 0 Å². The highest BCUT2D eigenvalue weighted by Crippen LogP contribution is 2.32. The predicted octanol–water partition coefficient (Wildman–Crippen LogP) is 5.02. The van der Waals surface area contributed by atoms with E-state index in [4.69, 9.17) is 19.5 Å². The van der Waals surface area contributed by atoms with Gasteiger partial charge >= 0.3 is 5.97 Å². The second-order valence-corrected chi connectivity index (χ2v) is 9.44. The molecule has 0 spiro atoms. The summed E-state index contributed by atoms with van der Waals surface area (Å²) < 4.78 is 12.8. The molecule has 8 heteroatoms. The van der Waals surface area contributed by atoms with E-state index in [1.54, 1.807) is 6.07 Å². The summed E-state index contributed by atoms with van der Waals surface area (Å²) >= 11 is 0. The second-order valence-electron chi connectivity index (χ2n) is 9.44. The van der Waals surface area contributed by atoms with Crippen LogP contribution in [-0.4, -0.2) is 38.5 Å². The first-order valence-corrected chi connectivity index (χ1v) is 12.4. The number of aryl methyl sites for hydroxylation is 2. The highest BCUT2D eigenvalue weighted by Gasteiger charge is 2.22. The van der Waals surface area contributed by atoms with E-state index in [9.17, 15) is 4.79 Å². The number of fused-ring (bicyclic) bond motifs is 1. The number of aliphatic imine (C=N–C) groups is 1. The van der Waals surface area contributed by atoms with Crippen LogP contribution in [0.3, 0.4) is 0 Å². The molecule has 1 aliphatic carbocycles. The summed E-state index contributed by atoms with van der Waals surface area (Å²) in [7, 11) is 3.32. The van der Waals surface area contributed by atoms with E-state index in [0.717, 1.165) is 72.7 Å². The number of nitrogens with zero attached hydrogens (tertiary/aromatic N) is 5. The molecule has 1 unspecified atom stereocenters. The Labute approximate surface area is 210 Å². The van der Waals surface area contributed by atoms with Crippen molar-refractivity contribution in [3.63, 3.8) is 0 Å². The van der Waals surface area contributed by atoms with Gasteiger partial charge in [0.1, 0.15) is 17.9 Å². The maximum atomic E-state index is 11.8. The lowest BCUT2D eigenvalue weighted by Crippen LogP contribution is -2.14. The third kappa shape index (κ3) is 5.22. The lowest BCUT2D eigenvalue weighted by molar-refractivity contribution is 0.0594. The van der Waals surface area contributed by atoms with Gasteiger partial charge in [-0.2, -0.15) is 0 Å². The van der Waals surface area contributed by atoms with Crippen molar-refractivity contribution >= 4 is 23.0 Å². The van der Waals surface area contributed by atoms with Crippen molar-refractivity contribution in [1.82, 2.24) is 19.5 Å². The number of hydrogen-bond donors (Lipinski definition) is 0. The molecule has 186 valence electrons. The van der Waals surface area contributed by atoms with E-state index in [2.05, 4.69) is 22.1 Å². The van der Waals surface area contributed by atoms with Crippen LogP contribution in [0.25, 0.3) is 11.2 Å². The molecule has 2 aliphatic rings. The molecule has 0 radical (unpaired) electrons. The second kappa shape index (κ2) is 10.4. The zero-order valence-corrected chi connectivity index (χ0v) is 21.0. The summed E-state index contributed by atoms with van der Waals surface area (Å²) in [6.45, 7) is 2.47. The van der Waals surface area contributed by atoms with Crippen molar-refractivity contribution in [2.75, 3.05) is 7.11 Å². The lowest BCUT2D eigenvalue weighted by atomic mass is 9.85. The van der Waals surface area contributed by atoms with Gasteiger partial charge in [-0.05, 0) is 67.9 Å². The number of methoxy groups -OCH3 is 1. The van der Waals surface area contributed by atoms with Crippen LogP contribution in [0.15, 0.2) is 58.9 Å². The fraction of sp³-hybridized carbons (Fsp3) is 0.393. The minimum Gasteiger partial charge on any atom is -0.474 e. The molecule has 3 aromatic rings. The first-order valence-electron chi connectivity index (χ1n) is 12.4. The van der Waals surface area contributed by atoms with E-state index >= 15 is 0 Å². The van der Waals surface area contributed by atoms with Crippen LogP contribution in [0.5, 0.6) is 0 Å². The maximum absolute atomic E-state index is 11.8. The predicted molar refractivity (Wildman–Crippen MR) is 137 cm³/mol. The van der Waals surface area contributed by atoms with E-state index in [1.165, 1.54) is 12.7 Å². The summed E-state index contributed by atoms with van der Waals surface area (Å²) in [4.78, 5) is 30.3. The Hall–Kier alpha value is -3.81. The molecule has 0 fully saturated rings.